The van der Waals surface area contributed by atoms with Crippen LogP contribution in [0, 0.1) is 0 Å². The van der Waals surface area contributed by atoms with Crippen molar-refractivity contribution >= 4 is 7.32 Å². The molecule has 0 saturated carbocycles. The molecule has 0 aliphatic carbocycles. The van der Waals surface area contributed by atoms with E-state index in [0.29, 0.717) is 13.2 Å². The molecular weight excluding hydrogens is 301 g/mol. The zero-order valence-corrected chi connectivity index (χ0v) is 13.7. The van der Waals surface area contributed by atoms with Gasteiger partial charge in [-0.15, -0.1) is 0 Å². The fourth-order valence-corrected chi connectivity index (χ4v) is 3.75. The zero-order valence-electron chi connectivity index (χ0n) is 13.7. The van der Waals surface area contributed by atoms with Crippen LogP contribution in [0.15, 0.2) is 60.7 Å². The largest absolute Gasteiger partial charge is 0.640 e. The molecule has 0 spiro atoms. The molecule has 2 aromatic rings. The number of rotatable bonds is 5. The molecule has 2 saturated heterocycles. The van der Waals surface area contributed by atoms with Crippen LogP contribution in [0.1, 0.15) is 24.0 Å². The molecular formula is C19H22BNO3. The van der Waals surface area contributed by atoms with Crippen LogP contribution in [0.5, 0.6) is 0 Å². The van der Waals surface area contributed by atoms with Crippen molar-refractivity contribution in [1.82, 2.24) is 5.32 Å². The summed E-state index contributed by atoms with van der Waals surface area (Å²) in [7, 11) is -0.632. The van der Waals surface area contributed by atoms with E-state index in [0.717, 1.165) is 30.5 Å². The number of hydrogen-bond acceptors (Lipinski definition) is 4. The van der Waals surface area contributed by atoms with Gasteiger partial charge in [-0.1, -0.05) is 60.7 Å². The summed E-state index contributed by atoms with van der Waals surface area (Å²) in [5, 5.41) is 3.63. The van der Waals surface area contributed by atoms with Crippen LogP contribution in [0.25, 0.3) is 0 Å². The molecule has 2 heterocycles. The Bertz CT molecular complexity index is 601. The summed E-state index contributed by atoms with van der Waals surface area (Å²) in [5.74, 6) is 0. The number of nitrogens with one attached hydrogen (secondary N) is 1. The molecule has 0 radical (unpaired) electrons. The molecule has 4 nitrogen and oxygen atoms in total. The number of hydrogen-bond donors (Lipinski definition) is 1. The standard InChI is InChI=1S/C19H22BNO3/c1-3-8-16(9-4-1)19(18-12-7-13-21-18,17-10-5-2-6-11-17)24-20-22-14-15-23-20/h1-6,8-11,18,21H,7,12-15H2/t18-/m0/s1. The second-order valence-electron chi connectivity index (χ2n) is 6.26. The second-order valence-corrected chi connectivity index (χ2v) is 6.26. The lowest BCUT2D eigenvalue weighted by Crippen LogP contribution is -2.51. The molecule has 1 N–H and O–H groups in total. The second kappa shape index (κ2) is 7.07. The van der Waals surface area contributed by atoms with Gasteiger partial charge in [-0.05, 0) is 30.5 Å². The topological polar surface area (TPSA) is 39.7 Å². The lowest BCUT2D eigenvalue weighted by Gasteiger charge is -2.41. The van der Waals surface area contributed by atoms with Gasteiger partial charge in [0.1, 0.15) is 5.60 Å². The first-order valence-electron chi connectivity index (χ1n) is 8.65. The first-order valence-corrected chi connectivity index (χ1v) is 8.65. The fourth-order valence-electron chi connectivity index (χ4n) is 3.75. The first-order chi connectivity index (χ1) is 11.9. The van der Waals surface area contributed by atoms with Crippen LogP contribution in [-0.2, 0) is 19.6 Å². The average molecular weight is 323 g/mol. The highest BCUT2D eigenvalue weighted by Crippen LogP contribution is 2.41. The van der Waals surface area contributed by atoms with E-state index in [9.17, 15) is 0 Å². The van der Waals surface area contributed by atoms with Gasteiger partial charge in [0.05, 0.1) is 13.2 Å². The van der Waals surface area contributed by atoms with E-state index in [1.807, 2.05) is 12.1 Å². The minimum atomic E-state index is -0.632. The van der Waals surface area contributed by atoms with Gasteiger partial charge in [0.25, 0.3) is 0 Å². The van der Waals surface area contributed by atoms with E-state index in [1.165, 1.54) is 0 Å². The van der Waals surface area contributed by atoms with Gasteiger partial charge in [-0.2, -0.15) is 0 Å². The van der Waals surface area contributed by atoms with Crippen molar-refractivity contribution in [3.63, 3.8) is 0 Å². The van der Waals surface area contributed by atoms with Crippen LogP contribution in [0.2, 0.25) is 0 Å². The summed E-state index contributed by atoms with van der Waals surface area (Å²) < 4.78 is 17.8. The van der Waals surface area contributed by atoms with E-state index >= 15 is 0 Å². The highest BCUT2D eigenvalue weighted by atomic mass is 16.8. The van der Waals surface area contributed by atoms with Gasteiger partial charge in [-0.3, -0.25) is 0 Å². The van der Waals surface area contributed by atoms with Crippen molar-refractivity contribution < 1.29 is 14.0 Å². The maximum absolute atomic E-state index is 6.55. The van der Waals surface area contributed by atoms with Gasteiger partial charge in [0, 0.05) is 6.04 Å². The summed E-state index contributed by atoms with van der Waals surface area (Å²) in [6.45, 7) is 2.15. The van der Waals surface area contributed by atoms with Gasteiger partial charge in [0.2, 0.25) is 0 Å². The third-order valence-corrected chi connectivity index (χ3v) is 4.83. The van der Waals surface area contributed by atoms with Gasteiger partial charge in [-0.25, -0.2) is 0 Å². The van der Waals surface area contributed by atoms with Crippen LogP contribution in [-0.4, -0.2) is 33.1 Å². The zero-order chi connectivity index (χ0) is 16.2. The summed E-state index contributed by atoms with van der Waals surface area (Å²) in [5.41, 5.74) is 1.61. The predicted octanol–water partition coefficient (Wildman–Crippen LogP) is 2.73. The summed E-state index contributed by atoms with van der Waals surface area (Å²) in [4.78, 5) is 0. The number of benzene rings is 2. The molecule has 1 atom stereocenters. The first kappa shape index (κ1) is 15.8. The van der Waals surface area contributed by atoms with Crippen molar-refractivity contribution in [2.45, 2.75) is 24.5 Å². The van der Waals surface area contributed by atoms with Crippen LogP contribution in [0.3, 0.4) is 0 Å². The smallest absolute Gasteiger partial charge is 0.384 e. The van der Waals surface area contributed by atoms with Crippen molar-refractivity contribution in [3.05, 3.63) is 71.8 Å². The summed E-state index contributed by atoms with van der Waals surface area (Å²) >= 11 is 0. The molecule has 24 heavy (non-hydrogen) atoms. The molecule has 2 fully saturated rings. The predicted molar refractivity (Wildman–Crippen MR) is 93.4 cm³/mol. The van der Waals surface area contributed by atoms with Crippen molar-refractivity contribution in [2.24, 2.45) is 0 Å². The minimum absolute atomic E-state index is 0.176. The van der Waals surface area contributed by atoms with Crippen LogP contribution >= 0.6 is 0 Å². The molecule has 124 valence electrons. The fraction of sp³-hybridized carbons (Fsp3) is 0.368. The normalized spacial score (nSPS) is 21.3. The Hall–Kier alpha value is -1.66. The molecule has 2 aliphatic rings. The Labute approximate surface area is 143 Å². The molecule has 0 aromatic heterocycles. The Morgan fingerprint density at radius 1 is 0.917 bits per heavy atom. The molecule has 5 heteroatoms. The molecule has 2 aliphatic heterocycles. The molecule has 0 unspecified atom stereocenters. The third-order valence-electron chi connectivity index (χ3n) is 4.83. The Morgan fingerprint density at radius 2 is 1.50 bits per heavy atom. The van der Waals surface area contributed by atoms with Crippen molar-refractivity contribution in [2.75, 3.05) is 19.8 Å². The quantitative estimate of drug-likeness (QED) is 0.859. The van der Waals surface area contributed by atoms with Crippen LogP contribution < -0.4 is 5.32 Å². The van der Waals surface area contributed by atoms with E-state index in [4.69, 9.17) is 14.0 Å². The Balaban J connectivity index is 1.84. The SMILES string of the molecule is c1ccc(C(OB2OCCO2)(c2ccccc2)[C@@H]2CCCN2)cc1. The lowest BCUT2D eigenvalue weighted by molar-refractivity contribution is 0.0208. The lowest BCUT2D eigenvalue weighted by atomic mass is 9.78. The van der Waals surface area contributed by atoms with Gasteiger partial charge in [0.15, 0.2) is 0 Å². The van der Waals surface area contributed by atoms with Crippen molar-refractivity contribution in [1.29, 1.82) is 0 Å². The van der Waals surface area contributed by atoms with Crippen LogP contribution in [0.4, 0.5) is 0 Å². The van der Waals surface area contributed by atoms with E-state index in [-0.39, 0.29) is 6.04 Å². The van der Waals surface area contributed by atoms with Gasteiger partial charge < -0.3 is 19.3 Å². The highest BCUT2D eigenvalue weighted by molar-refractivity contribution is 6.37. The minimum Gasteiger partial charge on any atom is -0.384 e. The maximum atomic E-state index is 6.55. The Morgan fingerprint density at radius 3 is 2.00 bits per heavy atom. The highest BCUT2D eigenvalue weighted by Gasteiger charge is 2.48. The monoisotopic (exact) mass is 323 g/mol. The Kier molecular flexibility index (Phi) is 4.67. The van der Waals surface area contributed by atoms with Crippen molar-refractivity contribution in [3.8, 4) is 0 Å². The molecule has 2 aromatic carbocycles. The average Bonchev–Trinajstić information content (AvgIpc) is 3.35. The molecule has 0 bridgehead atoms. The van der Waals surface area contributed by atoms with E-state index in [1.54, 1.807) is 0 Å². The van der Waals surface area contributed by atoms with E-state index in [2.05, 4.69) is 53.8 Å². The molecule has 0 amide bonds. The van der Waals surface area contributed by atoms with Gasteiger partial charge >= 0.3 is 7.32 Å². The van der Waals surface area contributed by atoms with E-state index < -0.39 is 12.9 Å². The maximum Gasteiger partial charge on any atom is 0.640 e. The summed E-state index contributed by atoms with van der Waals surface area (Å²) in [6.07, 6.45) is 2.19. The third kappa shape index (κ3) is 2.89. The molecule has 4 rings (SSSR count). The summed E-state index contributed by atoms with van der Waals surface area (Å²) in [6, 6.07) is 21.0.